The third-order valence-electron chi connectivity index (χ3n) is 2.33. The van der Waals surface area contributed by atoms with E-state index in [-0.39, 0.29) is 0 Å². The van der Waals surface area contributed by atoms with Gasteiger partial charge in [0.2, 0.25) is 0 Å². The Morgan fingerprint density at radius 3 is 2.67 bits per heavy atom. The first-order valence-corrected chi connectivity index (χ1v) is 6.44. The fraction of sp³-hybridized carbons (Fsp3) is 0.636. The SMILES string of the molecule is CCN(CCBr)c1cc(C(C)C)ncn1. The van der Waals surface area contributed by atoms with Crippen molar-refractivity contribution in [2.75, 3.05) is 23.3 Å². The quantitative estimate of drug-likeness (QED) is 0.772. The van der Waals surface area contributed by atoms with Crippen molar-refractivity contribution in [2.45, 2.75) is 26.7 Å². The topological polar surface area (TPSA) is 29.0 Å². The van der Waals surface area contributed by atoms with E-state index in [1.165, 1.54) is 0 Å². The van der Waals surface area contributed by atoms with E-state index < -0.39 is 0 Å². The van der Waals surface area contributed by atoms with Crippen molar-refractivity contribution in [3.05, 3.63) is 18.1 Å². The average molecular weight is 272 g/mol. The lowest BCUT2D eigenvalue weighted by Gasteiger charge is -2.21. The summed E-state index contributed by atoms with van der Waals surface area (Å²) in [6.07, 6.45) is 1.65. The third kappa shape index (κ3) is 3.45. The molecule has 0 saturated heterocycles. The minimum Gasteiger partial charge on any atom is -0.356 e. The molecule has 0 aliphatic rings. The summed E-state index contributed by atoms with van der Waals surface area (Å²) in [6.45, 7) is 8.38. The van der Waals surface area contributed by atoms with E-state index in [9.17, 15) is 0 Å². The molecule has 0 unspecified atom stereocenters. The highest BCUT2D eigenvalue weighted by atomic mass is 79.9. The number of hydrogen-bond acceptors (Lipinski definition) is 3. The number of aromatic nitrogens is 2. The summed E-state index contributed by atoms with van der Waals surface area (Å²) >= 11 is 3.45. The Morgan fingerprint density at radius 2 is 2.13 bits per heavy atom. The molecule has 0 aromatic carbocycles. The molecule has 0 atom stereocenters. The molecule has 0 aliphatic carbocycles. The van der Waals surface area contributed by atoms with Crippen molar-refractivity contribution >= 4 is 21.7 Å². The summed E-state index contributed by atoms with van der Waals surface area (Å²) in [5, 5.41) is 0.960. The molecule has 0 radical (unpaired) electrons. The minimum absolute atomic E-state index is 0.453. The fourth-order valence-electron chi connectivity index (χ4n) is 1.39. The molecule has 1 rings (SSSR count). The lowest BCUT2D eigenvalue weighted by atomic mass is 10.1. The van der Waals surface area contributed by atoms with Crippen LogP contribution in [0.1, 0.15) is 32.4 Å². The maximum absolute atomic E-state index is 4.31. The Bertz CT molecular complexity index is 302. The zero-order chi connectivity index (χ0) is 11.3. The standard InChI is InChI=1S/C11H18BrN3/c1-4-15(6-5-12)11-7-10(9(2)3)13-8-14-11/h7-9H,4-6H2,1-3H3. The molecule has 1 aromatic heterocycles. The number of alkyl halides is 1. The fourth-order valence-corrected chi connectivity index (χ4v) is 1.81. The van der Waals surface area contributed by atoms with Crippen LogP contribution < -0.4 is 4.90 Å². The molecule has 3 nitrogen and oxygen atoms in total. The first kappa shape index (κ1) is 12.4. The van der Waals surface area contributed by atoms with Crippen LogP contribution >= 0.6 is 15.9 Å². The summed E-state index contributed by atoms with van der Waals surface area (Å²) in [4.78, 5) is 10.8. The van der Waals surface area contributed by atoms with Gasteiger partial charge in [0.15, 0.2) is 0 Å². The van der Waals surface area contributed by atoms with E-state index in [0.717, 1.165) is 29.9 Å². The second kappa shape index (κ2) is 6.05. The van der Waals surface area contributed by atoms with Crippen LogP contribution in [-0.4, -0.2) is 28.4 Å². The normalized spacial score (nSPS) is 10.7. The highest BCUT2D eigenvalue weighted by Crippen LogP contribution is 2.16. The van der Waals surface area contributed by atoms with Gasteiger partial charge in [-0.1, -0.05) is 29.8 Å². The van der Waals surface area contributed by atoms with Gasteiger partial charge in [-0.2, -0.15) is 0 Å². The van der Waals surface area contributed by atoms with Crippen LogP contribution in [0.15, 0.2) is 12.4 Å². The summed E-state index contributed by atoms with van der Waals surface area (Å²) in [6, 6.07) is 2.08. The molecular formula is C11H18BrN3. The van der Waals surface area contributed by atoms with Crippen LogP contribution in [0.5, 0.6) is 0 Å². The van der Waals surface area contributed by atoms with Gasteiger partial charge in [-0.05, 0) is 12.8 Å². The van der Waals surface area contributed by atoms with Crippen molar-refractivity contribution in [3.8, 4) is 0 Å². The summed E-state index contributed by atoms with van der Waals surface area (Å²) in [5.41, 5.74) is 1.10. The van der Waals surface area contributed by atoms with Gasteiger partial charge in [-0.25, -0.2) is 9.97 Å². The Kier molecular flexibility index (Phi) is 5.02. The molecule has 0 spiro atoms. The molecule has 0 fully saturated rings. The van der Waals surface area contributed by atoms with Crippen LogP contribution in [0.4, 0.5) is 5.82 Å². The van der Waals surface area contributed by atoms with E-state index in [0.29, 0.717) is 5.92 Å². The number of hydrogen-bond donors (Lipinski definition) is 0. The Labute approximate surface area is 100 Å². The highest BCUT2D eigenvalue weighted by Gasteiger charge is 2.07. The smallest absolute Gasteiger partial charge is 0.132 e. The van der Waals surface area contributed by atoms with Gasteiger partial charge in [0.25, 0.3) is 0 Å². The first-order chi connectivity index (χ1) is 7.19. The Balaban J connectivity index is 2.87. The molecule has 84 valence electrons. The predicted octanol–water partition coefficient (Wildman–Crippen LogP) is 2.82. The van der Waals surface area contributed by atoms with Gasteiger partial charge >= 0.3 is 0 Å². The average Bonchev–Trinajstić information content (AvgIpc) is 2.26. The molecule has 4 heteroatoms. The largest absolute Gasteiger partial charge is 0.356 e. The summed E-state index contributed by atoms with van der Waals surface area (Å²) in [5.74, 6) is 1.48. The van der Waals surface area contributed by atoms with E-state index in [1.54, 1.807) is 6.33 Å². The van der Waals surface area contributed by atoms with Crippen LogP contribution in [0, 0.1) is 0 Å². The second-order valence-electron chi connectivity index (χ2n) is 3.72. The van der Waals surface area contributed by atoms with E-state index in [2.05, 4.69) is 57.6 Å². The number of nitrogens with zero attached hydrogens (tertiary/aromatic N) is 3. The summed E-state index contributed by atoms with van der Waals surface area (Å²) in [7, 11) is 0. The van der Waals surface area contributed by atoms with E-state index >= 15 is 0 Å². The lowest BCUT2D eigenvalue weighted by Crippen LogP contribution is -2.26. The van der Waals surface area contributed by atoms with Crippen molar-refractivity contribution in [3.63, 3.8) is 0 Å². The molecule has 0 bridgehead atoms. The third-order valence-corrected chi connectivity index (χ3v) is 2.68. The number of rotatable bonds is 5. The van der Waals surface area contributed by atoms with E-state index in [1.807, 2.05) is 0 Å². The molecule has 0 amide bonds. The van der Waals surface area contributed by atoms with Gasteiger partial charge in [0.05, 0.1) is 0 Å². The molecular weight excluding hydrogens is 254 g/mol. The minimum atomic E-state index is 0.453. The van der Waals surface area contributed by atoms with Crippen LogP contribution in [0.2, 0.25) is 0 Å². The Hall–Kier alpha value is -0.640. The van der Waals surface area contributed by atoms with Gasteiger partial charge in [-0.3, -0.25) is 0 Å². The van der Waals surface area contributed by atoms with Crippen molar-refractivity contribution in [1.29, 1.82) is 0 Å². The van der Waals surface area contributed by atoms with E-state index in [4.69, 9.17) is 0 Å². The van der Waals surface area contributed by atoms with Crippen LogP contribution in [0.25, 0.3) is 0 Å². The van der Waals surface area contributed by atoms with Crippen LogP contribution in [0.3, 0.4) is 0 Å². The monoisotopic (exact) mass is 271 g/mol. The summed E-state index contributed by atoms with van der Waals surface area (Å²) < 4.78 is 0. The molecule has 0 saturated carbocycles. The Morgan fingerprint density at radius 1 is 1.40 bits per heavy atom. The highest BCUT2D eigenvalue weighted by molar-refractivity contribution is 9.09. The second-order valence-corrected chi connectivity index (χ2v) is 4.52. The zero-order valence-electron chi connectivity index (χ0n) is 9.57. The van der Waals surface area contributed by atoms with Crippen molar-refractivity contribution in [1.82, 2.24) is 9.97 Å². The first-order valence-electron chi connectivity index (χ1n) is 5.31. The molecule has 0 N–H and O–H groups in total. The van der Waals surface area contributed by atoms with Gasteiger partial charge in [-0.15, -0.1) is 0 Å². The maximum atomic E-state index is 4.31. The molecule has 0 aliphatic heterocycles. The molecule has 1 heterocycles. The van der Waals surface area contributed by atoms with Gasteiger partial charge in [0.1, 0.15) is 12.1 Å². The number of halogens is 1. The lowest BCUT2D eigenvalue weighted by molar-refractivity contribution is 0.795. The number of anilines is 1. The predicted molar refractivity (Wildman–Crippen MR) is 67.8 cm³/mol. The van der Waals surface area contributed by atoms with Gasteiger partial charge in [0, 0.05) is 30.2 Å². The van der Waals surface area contributed by atoms with Crippen molar-refractivity contribution in [2.24, 2.45) is 0 Å². The van der Waals surface area contributed by atoms with Gasteiger partial charge < -0.3 is 4.90 Å². The maximum Gasteiger partial charge on any atom is 0.132 e. The molecule has 1 aromatic rings. The van der Waals surface area contributed by atoms with Crippen LogP contribution in [-0.2, 0) is 0 Å². The molecule has 15 heavy (non-hydrogen) atoms. The zero-order valence-corrected chi connectivity index (χ0v) is 11.2. The van der Waals surface area contributed by atoms with Crippen molar-refractivity contribution < 1.29 is 0 Å².